The second-order valence-electron chi connectivity index (χ2n) is 3.51. The second kappa shape index (κ2) is 9.79. The minimum absolute atomic E-state index is 0.438. The highest BCUT2D eigenvalue weighted by Gasteiger charge is 2.03. The molecule has 0 N–H and O–H groups in total. The maximum absolute atomic E-state index is 5.38. The van der Waals surface area contributed by atoms with Crippen LogP contribution >= 0.6 is 0 Å². The van der Waals surface area contributed by atoms with Crippen molar-refractivity contribution in [3.8, 4) is 0 Å². The van der Waals surface area contributed by atoms with Gasteiger partial charge in [0.15, 0.2) is 0 Å². The molecular formula is C12H24O. The van der Waals surface area contributed by atoms with Gasteiger partial charge in [0.05, 0.1) is 6.10 Å². The van der Waals surface area contributed by atoms with Crippen LogP contribution in [0.5, 0.6) is 0 Å². The monoisotopic (exact) mass is 184 g/mol. The maximum Gasteiger partial charge on any atom is 0.0605 e. The van der Waals surface area contributed by atoms with Crippen molar-refractivity contribution in [2.75, 3.05) is 7.11 Å². The van der Waals surface area contributed by atoms with E-state index in [1.807, 2.05) is 7.11 Å². The number of allylic oxidation sites excluding steroid dienone is 1. The number of methoxy groups -OCH3 is 1. The van der Waals surface area contributed by atoms with E-state index in [4.69, 9.17) is 4.74 Å². The molecule has 0 aliphatic carbocycles. The smallest absolute Gasteiger partial charge is 0.0605 e. The molecular weight excluding hydrogens is 160 g/mol. The molecule has 0 aromatic rings. The zero-order valence-electron chi connectivity index (χ0n) is 9.38. The third-order valence-electron chi connectivity index (χ3n) is 2.35. The Morgan fingerprint density at radius 3 is 2.54 bits per heavy atom. The summed E-state index contributed by atoms with van der Waals surface area (Å²) in [5.74, 6) is 0. The Labute approximate surface area is 83.2 Å². The molecule has 0 saturated heterocycles. The fraction of sp³-hybridized carbons (Fsp3) is 0.833. The predicted octanol–water partition coefficient (Wildman–Crippen LogP) is 3.94. The maximum atomic E-state index is 5.38. The topological polar surface area (TPSA) is 9.23 Å². The molecule has 1 unspecified atom stereocenters. The van der Waals surface area contributed by atoms with Gasteiger partial charge in [-0.15, -0.1) is 0 Å². The van der Waals surface area contributed by atoms with Gasteiger partial charge in [-0.2, -0.15) is 0 Å². The lowest BCUT2D eigenvalue weighted by molar-refractivity contribution is 0.0952. The summed E-state index contributed by atoms with van der Waals surface area (Å²) < 4.78 is 5.38. The highest BCUT2D eigenvalue weighted by Crippen LogP contribution is 2.10. The van der Waals surface area contributed by atoms with Gasteiger partial charge in [0.2, 0.25) is 0 Å². The summed E-state index contributed by atoms with van der Waals surface area (Å²) in [5.41, 5.74) is 0. The Morgan fingerprint density at radius 2 is 2.00 bits per heavy atom. The molecule has 0 amide bonds. The molecule has 0 aliphatic heterocycles. The van der Waals surface area contributed by atoms with Crippen LogP contribution in [0, 0.1) is 0 Å². The quantitative estimate of drug-likeness (QED) is 0.410. The first kappa shape index (κ1) is 12.7. The molecule has 1 atom stereocenters. The van der Waals surface area contributed by atoms with Crippen molar-refractivity contribution in [3.05, 3.63) is 12.2 Å². The van der Waals surface area contributed by atoms with E-state index in [1.54, 1.807) is 0 Å². The summed E-state index contributed by atoms with van der Waals surface area (Å²) >= 11 is 0. The molecule has 0 radical (unpaired) electrons. The summed E-state index contributed by atoms with van der Waals surface area (Å²) in [5, 5.41) is 0. The van der Waals surface area contributed by atoms with Crippen molar-refractivity contribution < 1.29 is 4.74 Å². The summed E-state index contributed by atoms with van der Waals surface area (Å²) in [6.45, 7) is 4.30. The van der Waals surface area contributed by atoms with Gasteiger partial charge < -0.3 is 4.74 Å². The van der Waals surface area contributed by atoms with Crippen LogP contribution in [0.4, 0.5) is 0 Å². The van der Waals surface area contributed by atoms with E-state index in [1.165, 1.54) is 32.1 Å². The van der Waals surface area contributed by atoms with Gasteiger partial charge in [-0.3, -0.25) is 0 Å². The SMILES string of the molecule is CC=CCC(CCCCCC)OC. The van der Waals surface area contributed by atoms with E-state index < -0.39 is 0 Å². The average Bonchev–Trinajstić information content (AvgIpc) is 2.17. The predicted molar refractivity (Wildman–Crippen MR) is 59.0 cm³/mol. The minimum atomic E-state index is 0.438. The van der Waals surface area contributed by atoms with Crippen molar-refractivity contribution >= 4 is 0 Å². The fourth-order valence-electron chi connectivity index (χ4n) is 1.42. The third kappa shape index (κ3) is 8.04. The van der Waals surface area contributed by atoms with E-state index in [2.05, 4.69) is 26.0 Å². The molecule has 1 nitrogen and oxygen atoms in total. The van der Waals surface area contributed by atoms with Gasteiger partial charge in [0.25, 0.3) is 0 Å². The van der Waals surface area contributed by atoms with Gasteiger partial charge in [-0.25, -0.2) is 0 Å². The lowest BCUT2D eigenvalue weighted by Gasteiger charge is -2.12. The first-order chi connectivity index (χ1) is 6.35. The molecule has 0 heterocycles. The summed E-state index contributed by atoms with van der Waals surface area (Å²) in [6, 6.07) is 0. The lowest BCUT2D eigenvalue weighted by atomic mass is 10.1. The third-order valence-corrected chi connectivity index (χ3v) is 2.35. The first-order valence-corrected chi connectivity index (χ1v) is 5.49. The van der Waals surface area contributed by atoms with Crippen LogP contribution in [-0.2, 0) is 4.74 Å². The molecule has 78 valence electrons. The largest absolute Gasteiger partial charge is 0.381 e. The molecule has 0 saturated carbocycles. The van der Waals surface area contributed by atoms with Crippen molar-refractivity contribution in [1.29, 1.82) is 0 Å². The van der Waals surface area contributed by atoms with Gasteiger partial charge in [0.1, 0.15) is 0 Å². The normalized spacial score (nSPS) is 13.8. The number of rotatable bonds is 8. The summed E-state index contributed by atoms with van der Waals surface area (Å²) in [7, 11) is 1.81. The molecule has 13 heavy (non-hydrogen) atoms. The van der Waals surface area contributed by atoms with Gasteiger partial charge in [0, 0.05) is 7.11 Å². The van der Waals surface area contributed by atoms with Crippen LogP contribution in [0.1, 0.15) is 52.4 Å². The summed E-state index contributed by atoms with van der Waals surface area (Å²) in [4.78, 5) is 0. The van der Waals surface area contributed by atoms with Crippen LogP contribution in [0.15, 0.2) is 12.2 Å². The Balaban J connectivity index is 3.36. The standard InChI is InChI=1S/C12H24O/c1-4-6-8-9-11-12(13-3)10-7-5-2/h5,7,12H,4,6,8-11H2,1-3H3. The zero-order valence-corrected chi connectivity index (χ0v) is 9.38. The number of hydrogen-bond acceptors (Lipinski definition) is 1. The first-order valence-electron chi connectivity index (χ1n) is 5.49. The Morgan fingerprint density at radius 1 is 1.23 bits per heavy atom. The van der Waals surface area contributed by atoms with Gasteiger partial charge in [-0.1, -0.05) is 44.8 Å². The summed E-state index contributed by atoms with van der Waals surface area (Å²) in [6.07, 6.45) is 12.3. The van der Waals surface area contributed by atoms with Crippen molar-refractivity contribution in [2.24, 2.45) is 0 Å². The second-order valence-corrected chi connectivity index (χ2v) is 3.51. The van der Waals surface area contributed by atoms with E-state index >= 15 is 0 Å². The van der Waals surface area contributed by atoms with Crippen molar-refractivity contribution in [1.82, 2.24) is 0 Å². The Hall–Kier alpha value is -0.300. The van der Waals surface area contributed by atoms with E-state index in [0.717, 1.165) is 6.42 Å². The molecule has 0 bridgehead atoms. The van der Waals surface area contributed by atoms with Gasteiger partial charge in [-0.05, 0) is 19.8 Å². The van der Waals surface area contributed by atoms with Gasteiger partial charge >= 0.3 is 0 Å². The molecule has 0 aliphatic rings. The minimum Gasteiger partial charge on any atom is -0.381 e. The Bertz CT molecular complexity index is 118. The highest BCUT2D eigenvalue weighted by atomic mass is 16.5. The van der Waals surface area contributed by atoms with E-state index in [0.29, 0.717) is 6.10 Å². The Kier molecular flexibility index (Phi) is 9.56. The molecule has 0 aromatic heterocycles. The molecule has 0 rings (SSSR count). The highest BCUT2D eigenvalue weighted by molar-refractivity contribution is 4.80. The number of ether oxygens (including phenoxy) is 1. The molecule has 0 spiro atoms. The molecule has 1 heteroatoms. The van der Waals surface area contributed by atoms with Crippen LogP contribution in [0.25, 0.3) is 0 Å². The van der Waals surface area contributed by atoms with Crippen LogP contribution in [-0.4, -0.2) is 13.2 Å². The molecule has 0 fully saturated rings. The van der Waals surface area contributed by atoms with E-state index in [9.17, 15) is 0 Å². The number of unbranched alkanes of at least 4 members (excludes halogenated alkanes) is 3. The van der Waals surface area contributed by atoms with Crippen LogP contribution in [0.2, 0.25) is 0 Å². The van der Waals surface area contributed by atoms with Crippen molar-refractivity contribution in [3.63, 3.8) is 0 Å². The average molecular weight is 184 g/mol. The van der Waals surface area contributed by atoms with Crippen molar-refractivity contribution in [2.45, 2.75) is 58.5 Å². The van der Waals surface area contributed by atoms with E-state index in [-0.39, 0.29) is 0 Å². The fourth-order valence-corrected chi connectivity index (χ4v) is 1.42. The van der Waals surface area contributed by atoms with Crippen LogP contribution < -0.4 is 0 Å². The number of hydrogen-bond donors (Lipinski definition) is 0. The van der Waals surface area contributed by atoms with Crippen LogP contribution in [0.3, 0.4) is 0 Å². The zero-order chi connectivity index (χ0) is 9.94. The lowest BCUT2D eigenvalue weighted by Crippen LogP contribution is -2.08. The molecule has 0 aromatic carbocycles.